The Morgan fingerprint density at radius 1 is 1.03 bits per heavy atom. The van der Waals surface area contributed by atoms with E-state index in [2.05, 4.69) is 25.9 Å². The van der Waals surface area contributed by atoms with Crippen LogP contribution in [0.3, 0.4) is 0 Å². The zero-order chi connectivity index (χ0) is 21.9. The van der Waals surface area contributed by atoms with Crippen molar-refractivity contribution < 1.29 is 18.0 Å². The predicted octanol–water partition coefficient (Wildman–Crippen LogP) is 3.45. The summed E-state index contributed by atoms with van der Waals surface area (Å²) in [5.41, 5.74) is 1.61. The molecule has 3 rings (SSSR count). The second-order valence-electron chi connectivity index (χ2n) is 6.71. The van der Waals surface area contributed by atoms with E-state index in [-0.39, 0.29) is 13.1 Å². The minimum absolute atomic E-state index is 0.116. The van der Waals surface area contributed by atoms with Crippen LogP contribution in [-0.2, 0) is 6.18 Å². The van der Waals surface area contributed by atoms with Gasteiger partial charge in [0.2, 0.25) is 0 Å². The van der Waals surface area contributed by atoms with Crippen LogP contribution in [0.5, 0.6) is 0 Å². The van der Waals surface area contributed by atoms with Gasteiger partial charge in [-0.25, -0.2) is 4.68 Å². The zero-order valence-corrected chi connectivity index (χ0v) is 16.7. The molecule has 0 unspecified atom stereocenters. The number of amides is 1. The maximum Gasteiger partial charge on any atom is 0.417 e. The number of aromatic nitrogens is 4. The highest BCUT2D eigenvalue weighted by Gasteiger charge is 2.34. The molecular formula is C20H21F3N6O. The molecule has 10 heteroatoms. The van der Waals surface area contributed by atoms with Crippen molar-refractivity contribution in [1.29, 1.82) is 0 Å². The number of alkyl halides is 3. The molecule has 0 saturated heterocycles. The lowest BCUT2D eigenvalue weighted by molar-refractivity contribution is -0.137. The van der Waals surface area contributed by atoms with E-state index in [1.807, 2.05) is 20.8 Å². The minimum atomic E-state index is -4.59. The van der Waals surface area contributed by atoms with Gasteiger partial charge in [0, 0.05) is 18.8 Å². The van der Waals surface area contributed by atoms with Crippen molar-refractivity contribution in [3.8, 4) is 5.82 Å². The number of aryl methyl sites for hydroxylation is 1. The van der Waals surface area contributed by atoms with Crippen molar-refractivity contribution >= 4 is 11.7 Å². The molecule has 1 amide bonds. The van der Waals surface area contributed by atoms with Gasteiger partial charge in [-0.05, 0) is 50.6 Å². The molecule has 158 valence electrons. The van der Waals surface area contributed by atoms with E-state index in [0.29, 0.717) is 11.6 Å². The number of anilines is 1. The third-order valence-corrected chi connectivity index (χ3v) is 4.71. The van der Waals surface area contributed by atoms with Gasteiger partial charge in [-0.2, -0.15) is 18.3 Å². The first-order valence-electron chi connectivity index (χ1n) is 9.23. The number of nitrogens with zero attached hydrogens (tertiary/aromatic N) is 4. The Balaban J connectivity index is 1.55. The highest BCUT2D eigenvalue weighted by atomic mass is 19.4. The van der Waals surface area contributed by atoms with Crippen molar-refractivity contribution in [2.24, 2.45) is 0 Å². The summed E-state index contributed by atoms with van der Waals surface area (Å²) in [5.74, 6) is 0.263. The number of halogens is 3. The lowest BCUT2D eigenvalue weighted by atomic mass is 10.1. The van der Waals surface area contributed by atoms with E-state index in [1.54, 1.807) is 16.8 Å². The molecule has 0 aliphatic rings. The first kappa shape index (κ1) is 21.3. The third kappa shape index (κ3) is 4.58. The fourth-order valence-corrected chi connectivity index (χ4v) is 2.87. The number of benzene rings is 1. The van der Waals surface area contributed by atoms with Crippen molar-refractivity contribution in [2.45, 2.75) is 26.9 Å². The maximum atomic E-state index is 13.0. The summed E-state index contributed by atoms with van der Waals surface area (Å²) in [6, 6.07) is 8.15. The first-order valence-corrected chi connectivity index (χ1v) is 9.23. The Morgan fingerprint density at radius 3 is 2.37 bits per heavy atom. The first-order chi connectivity index (χ1) is 14.2. The zero-order valence-electron chi connectivity index (χ0n) is 16.7. The number of nitrogens with one attached hydrogen (secondary N) is 2. The highest BCUT2D eigenvalue weighted by Crippen LogP contribution is 2.31. The SMILES string of the molecule is Cc1nn(-c2ccc(NCCNC(=O)c3ccccc3C(F)(F)F)nn2)c(C)c1C. The normalized spacial score (nSPS) is 11.4. The number of rotatable bonds is 6. The van der Waals surface area contributed by atoms with Gasteiger partial charge in [0.15, 0.2) is 5.82 Å². The smallest absolute Gasteiger partial charge is 0.367 e. The van der Waals surface area contributed by atoms with Crippen molar-refractivity contribution in [1.82, 2.24) is 25.3 Å². The molecule has 0 fully saturated rings. The number of carbonyl (C=O) groups is 1. The summed E-state index contributed by atoms with van der Waals surface area (Å²) >= 11 is 0. The summed E-state index contributed by atoms with van der Waals surface area (Å²) in [5, 5.41) is 18.1. The molecule has 2 aromatic heterocycles. The van der Waals surface area contributed by atoms with Crippen molar-refractivity contribution in [2.75, 3.05) is 18.4 Å². The molecule has 1 aromatic carbocycles. The van der Waals surface area contributed by atoms with Gasteiger partial charge in [0.1, 0.15) is 5.82 Å². The summed E-state index contributed by atoms with van der Waals surface area (Å²) in [7, 11) is 0. The molecule has 0 aliphatic heterocycles. The van der Waals surface area contributed by atoms with Gasteiger partial charge < -0.3 is 10.6 Å². The van der Waals surface area contributed by atoms with Crippen LogP contribution in [0.25, 0.3) is 5.82 Å². The van der Waals surface area contributed by atoms with Crippen LogP contribution in [0.15, 0.2) is 36.4 Å². The van der Waals surface area contributed by atoms with Crippen LogP contribution >= 0.6 is 0 Å². The van der Waals surface area contributed by atoms with Gasteiger partial charge in [0.25, 0.3) is 5.91 Å². The standard InChI is InChI=1S/C20H21F3N6O/c1-12-13(2)28-29(14(12)3)18-9-8-17(26-27-18)24-10-11-25-19(30)15-6-4-5-7-16(15)20(21,22)23/h4-9H,10-11H2,1-3H3,(H,24,26)(H,25,30). The van der Waals surface area contributed by atoms with Crippen molar-refractivity contribution in [3.63, 3.8) is 0 Å². The molecule has 3 aromatic rings. The Labute approximate surface area is 171 Å². The topological polar surface area (TPSA) is 84.7 Å². The van der Waals surface area contributed by atoms with E-state index in [1.165, 1.54) is 12.1 Å². The largest absolute Gasteiger partial charge is 0.417 e. The summed E-state index contributed by atoms with van der Waals surface area (Å²) in [6.45, 7) is 6.24. The quantitative estimate of drug-likeness (QED) is 0.599. The molecule has 2 N–H and O–H groups in total. The van der Waals surface area contributed by atoms with Gasteiger partial charge in [0.05, 0.1) is 16.8 Å². The number of hydrogen-bond acceptors (Lipinski definition) is 5. The molecular weight excluding hydrogens is 397 g/mol. The Kier molecular flexibility index (Phi) is 6.04. The minimum Gasteiger partial charge on any atom is -0.367 e. The molecule has 0 atom stereocenters. The number of hydrogen-bond donors (Lipinski definition) is 2. The lowest BCUT2D eigenvalue weighted by Crippen LogP contribution is -2.30. The van der Waals surface area contributed by atoms with Gasteiger partial charge in [-0.1, -0.05) is 12.1 Å². The number of carbonyl (C=O) groups excluding carboxylic acids is 1. The van der Waals surface area contributed by atoms with E-state index in [4.69, 9.17) is 0 Å². The molecule has 0 radical (unpaired) electrons. The van der Waals surface area contributed by atoms with E-state index < -0.39 is 23.2 Å². The molecule has 0 spiro atoms. The molecule has 2 heterocycles. The average Bonchev–Trinajstić information content (AvgIpc) is 2.98. The molecule has 30 heavy (non-hydrogen) atoms. The third-order valence-electron chi connectivity index (χ3n) is 4.71. The van der Waals surface area contributed by atoms with Crippen LogP contribution in [0, 0.1) is 20.8 Å². The Morgan fingerprint density at radius 2 is 1.77 bits per heavy atom. The lowest BCUT2D eigenvalue weighted by Gasteiger charge is -2.13. The van der Waals surface area contributed by atoms with Crippen LogP contribution in [0.1, 0.15) is 32.9 Å². The van der Waals surface area contributed by atoms with E-state index in [9.17, 15) is 18.0 Å². The van der Waals surface area contributed by atoms with Crippen LogP contribution in [-0.4, -0.2) is 39.0 Å². The second-order valence-corrected chi connectivity index (χ2v) is 6.71. The van der Waals surface area contributed by atoms with Crippen LogP contribution < -0.4 is 10.6 Å². The highest BCUT2D eigenvalue weighted by molar-refractivity contribution is 5.95. The Hall–Kier alpha value is -3.43. The maximum absolute atomic E-state index is 13.0. The van der Waals surface area contributed by atoms with Gasteiger partial charge >= 0.3 is 6.18 Å². The average molecular weight is 418 g/mol. The van der Waals surface area contributed by atoms with Crippen molar-refractivity contribution in [3.05, 3.63) is 64.5 Å². The summed E-state index contributed by atoms with van der Waals surface area (Å²) in [6.07, 6.45) is -4.59. The molecule has 0 bridgehead atoms. The fourth-order valence-electron chi connectivity index (χ4n) is 2.87. The van der Waals surface area contributed by atoms with Crippen LogP contribution in [0.4, 0.5) is 19.0 Å². The second kappa shape index (κ2) is 8.52. The monoisotopic (exact) mass is 418 g/mol. The summed E-state index contributed by atoms with van der Waals surface area (Å²) < 4.78 is 40.7. The van der Waals surface area contributed by atoms with E-state index in [0.717, 1.165) is 29.1 Å². The molecule has 0 aliphatic carbocycles. The van der Waals surface area contributed by atoms with Gasteiger partial charge in [-0.3, -0.25) is 4.79 Å². The predicted molar refractivity (Wildman–Crippen MR) is 106 cm³/mol. The Bertz CT molecular complexity index is 1040. The fraction of sp³-hybridized carbons (Fsp3) is 0.300. The van der Waals surface area contributed by atoms with Crippen LogP contribution in [0.2, 0.25) is 0 Å². The summed E-state index contributed by atoms with van der Waals surface area (Å²) in [4.78, 5) is 12.1. The molecule has 7 nitrogen and oxygen atoms in total. The molecule has 0 saturated carbocycles. The van der Waals surface area contributed by atoms with E-state index >= 15 is 0 Å². The van der Waals surface area contributed by atoms with Gasteiger partial charge in [-0.15, -0.1) is 10.2 Å².